The quantitative estimate of drug-likeness (QED) is 0.646. The molecule has 0 unspecified atom stereocenters. The summed E-state index contributed by atoms with van der Waals surface area (Å²) in [6.45, 7) is 8.05. The lowest BCUT2D eigenvalue weighted by molar-refractivity contribution is -0.151. The van der Waals surface area contributed by atoms with Crippen molar-refractivity contribution in [3.8, 4) is 0 Å². The molecule has 2 fully saturated rings. The predicted molar refractivity (Wildman–Crippen MR) is 120 cm³/mol. The van der Waals surface area contributed by atoms with Gasteiger partial charge in [0.2, 0.25) is 11.8 Å². The third kappa shape index (κ3) is 5.13. The van der Waals surface area contributed by atoms with Gasteiger partial charge >= 0.3 is 0 Å². The minimum atomic E-state index is 0.0110. The molecule has 0 N–H and O–H groups in total. The summed E-state index contributed by atoms with van der Waals surface area (Å²) in [6, 6.07) is 8.03. The maximum Gasteiger partial charge on any atom is 0.237 e. The molecule has 2 aliphatic rings. The highest BCUT2D eigenvalue weighted by Gasteiger charge is 2.37. The number of morpholine rings is 1. The first-order chi connectivity index (χ1) is 14.9. The summed E-state index contributed by atoms with van der Waals surface area (Å²) in [5.74, 6) is 1.61. The molecular formula is C24H32ClN3O3. The third-order valence-corrected chi connectivity index (χ3v) is 6.95. The molecule has 4 rings (SSSR count). The van der Waals surface area contributed by atoms with Crippen molar-refractivity contribution in [2.45, 2.75) is 71.2 Å². The van der Waals surface area contributed by atoms with Crippen molar-refractivity contribution in [3.05, 3.63) is 52.2 Å². The van der Waals surface area contributed by atoms with Crippen LogP contribution in [-0.2, 0) is 16.1 Å². The molecule has 1 aromatic heterocycles. The first-order valence-electron chi connectivity index (χ1n) is 11.3. The number of rotatable bonds is 6. The van der Waals surface area contributed by atoms with E-state index < -0.39 is 0 Å². The number of nitrogens with zero attached hydrogens (tertiary/aromatic N) is 3. The van der Waals surface area contributed by atoms with Crippen LogP contribution in [0.1, 0.15) is 61.6 Å². The molecule has 1 saturated heterocycles. The van der Waals surface area contributed by atoms with Gasteiger partial charge in [0.25, 0.3) is 0 Å². The number of carbonyl (C=O) groups is 1. The third-order valence-electron chi connectivity index (χ3n) is 6.70. The van der Waals surface area contributed by atoms with Crippen molar-refractivity contribution in [1.29, 1.82) is 0 Å². The van der Waals surface area contributed by atoms with Gasteiger partial charge in [-0.2, -0.15) is 0 Å². The Bertz CT molecular complexity index is 876. The Hall–Kier alpha value is -1.89. The Kier molecular flexibility index (Phi) is 6.99. The molecule has 31 heavy (non-hydrogen) atoms. The number of amides is 1. The SMILES string of the molecule is Cc1nc(CN(CC(=O)N2CCO[C@@H]3CCCC[C@H]32)[C@H](C)c2ccc(Cl)cc2)oc1C. The molecule has 0 bridgehead atoms. The van der Waals surface area contributed by atoms with Gasteiger partial charge in [-0.3, -0.25) is 9.69 Å². The van der Waals surface area contributed by atoms with Crippen LogP contribution >= 0.6 is 11.6 Å². The number of aryl methyl sites for hydroxylation is 2. The van der Waals surface area contributed by atoms with Gasteiger partial charge in [0.05, 0.1) is 37.5 Å². The minimum absolute atomic E-state index is 0.0110. The van der Waals surface area contributed by atoms with Gasteiger partial charge in [0.15, 0.2) is 0 Å². The Morgan fingerprint density at radius 3 is 2.71 bits per heavy atom. The number of aromatic nitrogens is 1. The molecule has 1 saturated carbocycles. The van der Waals surface area contributed by atoms with Crippen LogP contribution in [0.5, 0.6) is 0 Å². The maximum absolute atomic E-state index is 13.5. The Morgan fingerprint density at radius 1 is 1.26 bits per heavy atom. The van der Waals surface area contributed by atoms with Gasteiger partial charge in [0.1, 0.15) is 5.76 Å². The second-order valence-corrected chi connectivity index (χ2v) is 9.17. The predicted octanol–water partition coefficient (Wildman–Crippen LogP) is 4.68. The summed E-state index contributed by atoms with van der Waals surface area (Å²) in [7, 11) is 0. The number of hydrogen-bond acceptors (Lipinski definition) is 5. The van der Waals surface area contributed by atoms with Gasteiger partial charge in [-0.15, -0.1) is 0 Å². The van der Waals surface area contributed by atoms with Gasteiger partial charge < -0.3 is 14.1 Å². The van der Waals surface area contributed by atoms with E-state index in [1.165, 1.54) is 6.42 Å². The average molecular weight is 446 g/mol. The summed E-state index contributed by atoms with van der Waals surface area (Å²) in [5, 5.41) is 0.703. The lowest BCUT2D eigenvalue weighted by Gasteiger charge is -2.44. The Morgan fingerprint density at radius 2 is 2.00 bits per heavy atom. The van der Waals surface area contributed by atoms with Crippen LogP contribution < -0.4 is 0 Å². The van der Waals surface area contributed by atoms with Crippen LogP contribution in [0.3, 0.4) is 0 Å². The molecule has 2 heterocycles. The second-order valence-electron chi connectivity index (χ2n) is 8.73. The fraction of sp³-hybridized carbons (Fsp3) is 0.583. The van der Waals surface area contributed by atoms with Gasteiger partial charge in [-0.05, 0) is 51.3 Å². The highest BCUT2D eigenvalue weighted by molar-refractivity contribution is 6.30. The Balaban J connectivity index is 1.54. The van der Waals surface area contributed by atoms with Crippen molar-refractivity contribution in [2.75, 3.05) is 19.7 Å². The first kappa shape index (κ1) is 22.3. The molecule has 1 aliphatic heterocycles. The molecule has 0 radical (unpaired) electrons. The molecule has 3 atom stereocenters. The summed E-state index contributed by atoms with van der Waals surface area (Å²) in [5.41, 5.74) is 1.99. The molecule has 2 aromatic rings. The highest BCUT2D eigenvalue weighted by atomic mass is 35.5. The summed E-state index contributed by atoms with van der Waals surface area (Å²) in [6.07, 6.45) is 4.61. The largest absolute Gasteiger partial charge is 0.444 e. The number of halogens is 1. The van der Waals surface area contributed by atoms with Crippen molar-refractivity contribution < 1.29 is 13.9 Å². The number of ether oxygens (including phenoxy) is 1. The van der Waals surface area contributed by atoms with E-state index in [-0.39, 0.29) is 24.1 Å². The lowest BCUT2D eigenvalue weighted by Crippen LogP contribution is -2.56. The van der Waals surface area contributed by atoms with Crippen LogP contribution in [0, 0.1) is 13.8 Å². The zero-order chi connectivity index (χ0) is 22.0. The van der Waals surface area contributed by atoms with E-state index in [9.17, 15) is 4.79 Å². The molecule has 6 nitrogen and oxygen atoms in total. The molecule has 1 aromatic carbocycles. The van der Waals surface area contributed by atoms with Crippen molar-refractivity contribution in [3.63, 3.8) is 0 Å². The van der Waals surface area contributed by atoms with Crippen LogP contribution in [0.25, 0.3) is 0 Å². The normalized spacial score (nSPS) is 22.4. The van der Waals surface area contributed by atoms with E-state index >= 15 is 0 Å². The molecule has 1 aliphatic carbocycles. The topological polar surface area (TPSA) is 58.8 Å². The van der Waals surface area contributed by atoms with Crippen molar-refractivity contribution in [1.82, 2.24) is 14.8 Å². The van der Waals surface area contributed by atoms with Crippen LogP contribution in [0.4, 0.5) is 0 Å². The van der Waals surface area contributed by atoms with Crippen LogP contribution in [0.2, 0.25) is 5.02 Å². The van der Waals surface area contributed by atoms with E-state index in [2.05, 4.69) is 21.7 Å². The summed E-state index contributed by atoms with van der Waals surface area (Å²) >= 11 is 6.09. The van der Waals surface area contributed by atoms with E-state index in [1.54, 1.807) is 0 Å². The van der Waals surface area contributed by atoms with E-state index in [0.717, 1.165) is 36.3 Å². The lowest BCUT2D eigenvalue weighted by atomic mass is 9.90. The van der Waals surface area contributed by atoms with E-state index in [1.807, 2.05) is 38.1 Å². The van der Waals surface area contributed by atoms with Crippen LogP contribution in [0.15, 0.2) is 28.7 Å². The average Bonchev–Trinajstić information content (AvgIpc) is 3.09. The first-order valence-corrected chi connectivity index (χ1v) is 11.6. The van der Waals surface area contributed by atoms with Gasteiger partial charge in [-0.1, -0.05) is 36.6 Å². The summed E-state index contributed by atoms with van der Waals surface area (Å²) in [4.78, 5) is 22.2. The number of oxazole rings is 1. The number of benzene rings is 1. The summed E-state index contributed by atoms with van der Waals surface area (Å²) < 4.78 is 11.8. The maximum atomic E-state index is 13.5. The minimum Gasteiger partial charge on any atom is -0.444 e. The zero-order valence-electron chi connectivity index (χ0n) is 18.6. The fourth-order valence-corrected chi connectivity index (χ4v) is 4.86. The van der Waals surface area contributed by atoms with Gasteiger partial charge in [0, 0.05) is 17.6 Å². The van der Waals surface area contributed by atoms with Crippen molar-refractivity contribution >= 4 is 17.5 Å². The number of fused-ring (bicyclic) bond motifs is 1. The van der Waals surface area contributed by atoms with Crippen molar-refractivity contribution in [2.24, 2.45) is 0 Å². The molecule has 168 valence electrons. The standard InChI is InChI=1S/C24H32ClN3O3/c1-16-18(3)31-23(26-16)14-27(17(2)19-8-10-20(25)11-9-19)15-24(29)28-12-13-30-22-7-5-4-6-21(22)28/h8-11,17,21-22H,4-7,12-15H2,1-3H3/t17-,21-,22-/m1/s1. The monoisotopic (exact) mass is 445 g/mol. The number of carbonyl (C=O) groups excluding carboxylic acids is 1. The second kappa shape index (κ2) is 9.72. The number of hydrogen-bond donors (Lipinski definition) is 0. The molecule has 7 heteroatoms. The van der Waals surface area contributed by atoms with E-state index in [4.69, 9.17) is 20.8 Å². The smallest absolute Gasteiger partial charge is 0.237 e. The van der Waals surface area contributed by atoms with Crippen LogP contribution in [-0.4, -0.2) is 52.5 Å². The fourth-order valence-electron chi connectivity index (χ4n) is 4.73. The molecule has 0 spiro atoms. The zero-order valence-corrected chi connectivity index (χ0v) is 19.4. The van der Waals surface area contributed by atoms with Gasteiger partial charge in [-0.25, -0.2) is 4.98 Å². The highest BCUT2D eigenvalue weighted by Crippen LogP contribution is 2.30. The Labute approximate surface area is 189 Å². The molecular weight excluding hydrogens is 414 g/mol. The molecule has 1 amide bonds. The van der Waals surface area contributed by atoms with E-state index in [0.29, 0.717) is 37.2 Å².